The molecule has 1 spiro atoms. The van der Waals surface area contributed by atoms with Gasteiger partial charge in [0, 0.05) is 31.7 Å². The second-order valence-electron chi connectivity index (χ2n) is 8.08. The van der Waals surface area contributed by atoms with Crippen LogP contribution in [0.3, 0.4) is 0 Å². The molecule has 2 aliphatic heterocycles. The number of likely N-dealkylation sites (tertiary alicyclic amines) is 2. The second-order valence-corrected chi connectivity index (χ2v) is 8.08. The number of hydrogen-bond acceptors (Lipinski definition) is 2. The van der Waals surface area contributed by atoms with Crippen molar-refractivity contribution in [2.75, 3.05) is 19.6 Å². The maximum Gasteiger partial charge on any atom is 0.253 e. The molecule has 28 heavy (non-hydrogen) atoms. The first-order chi connectivity index (χ1) is 13.5. The molecule has 1 atom stereocenters. The van der Waals surface area contributed by atoms with Crippen molar-refractivity contribution < 1.29 is 14.0 Å². The lowest BCUT2D eigenvalue weighted by Gasteiger charge is -2.39. The minimum absolute atomic E-state index is 0.000308. The molecule has 2 heterocycles. The summed E-state index contributed by atoms with van der Waals surface area (Å²) >= 11 is 0. The van der Waals surface area contributed by atoms with Crippen molar-refractivity contribution in [2.24, 2.45) is 5.41 Å². The lowest BCUT2D eigenvalue weighted by atomic mass is 9.78. The summed E-state index contributed by atoms with van der Waals surface area (Å²) in [5, 5.41) is 0. The molecule has 4 rings (SSSR count). The molecule has 2 saturated heterocycles. The van der Waals surface area contributed by atoms with Crippen LogP contribution in [-0.4, -0.2) is 41.2 Å². The Bertz CT molecular complexity index is 878. The molecular formula is C23H25FN2O2. The highest BCUT2D eigenvalue weighted by Gasteiger charge is 2.49. The molecule has 2 aromatic carbocycles. The number of piperidine rings is 1. The predicted octanol–water partition coefficient (Wildman–Crippen LogP) is 3.79. The zero-order valence-electron chi connectivity index (χ0n) is 16.2. The minimum Gasteiger partial charge on any atom is -0.338 e. The summed E-state index contributed by atoms with van der Waals surface area (Å²) in [5.74, 6) is -0.145. The van der Waals surface area contributed by atoms with Gasteiger partial charge in [0.25, 0.3) is 5.91 Å². The van der Waals surface area contributed by atoms with Crippen LogP contribution in [0.15, 0.2) is 48.5 Å². The Balaban J connectivity index is 1.47. The zero-order chi connectivity index (χ0) is 19.7. The number of amides is 2. The van der Waals surface area contributed by atoms with Crippen molar-refractivity contribution in [1.29, 1.82) is 0 Å². The largest absolute Gasteiger partial charge is 0.338 e. The molecule has 0 aromatic heterocycles. The van der Waals surface area contributed by atoms with Crippen LogP contribution in [0.2, 0.25) is 0 Å². The third-order valence-corrected chi connectivity index (χ3v) is 6.05. The van der Waals surface area contributed by atoms with Gasteiger partial charge in [0.05, 0.1) is 5.41 Å². The Morgan fingerprint density at radius 1 is 1.04 bits per heavy atom. The van der Waals surface area contributed by atoms with Gasteiger partial charge in [-0.15, -0.1) is 0 Å². The molecule has 0 bridgehead atoms. The molecule has 0 saturated carbocycles. The van der Waals surface area contributed by atoms with Gasteiger partial charge in [-0.25, -0.2) is 4.39 Å². The quantitative estimate of drug-likeness (QED) is 0.813. The van der Waals surface area contributed by atoms with Crippen molar-refractivity contribution in [3.63, 3.8) is 0 Å². The molecule has 0 N–H and O–H groups in total. The van der Waals surface area contributed by atoms with Gasteiger partial charge in [-0.2, -0.15) is 0 Å². The normalized spacial score (nSPS) is 22.1. The van der Waals surface area contributed by atoms with Crippen LogP contribution in [0.25, 0.3) is 0 Å². The van der Waals surface area contributed by atoms with E-state index in [1.807, 2.05) is 41.0 Å². The molecule has 2 aromatic rings. The van der Waals surface area contributed by atoms with Crippen LogP contribution in [0, 0.1) is 18.2 Å². The first-order valence-corrected chi connectivity index (χ1v) is 9.87. The first kappa shape index (κ1) is 18.7. The average Bonchev–Trinajstić information content (AvgIpc) is 3.12. The summed E-state index contributed by atoms with van der Waals surface area (Å²) in [5.41, 5.74) is 2.25. The minimum atomic E-state index is -0.474. The van der Waals surface area contributed by atoms with Gasteiger partial charge in [0.15, 0.2) is 0 Å². The number of carbonyl (C=O) groups is 2. The van der Waals surface area contributed by atoms with Crippen LogP contribution in [0.5, 0.6) is 0 Å². The van der Waals surface area contributed by atoms with Crippen LogP contribution in [0.4, 0.5) is 4.39 Å². The van der Waals surface area contributed by atoms with E-state index in [0.717, 1.165) is 24.0 Å². The maximum absolute atomic E-state index is 13.3. The van der Waals surface area contributed by atoms with Gasteiger partial charge < -0.3 is 9.80 Å². The first-order valence-electron chi connectivity index (χ1n) is 9.87. The summed E-state index contributed by atoms with van der Waals surface area (Å²) in [6.45, 7) is 4.30. The molecular weight excluding hydrogens is 355 g/mol. The summed E-state index contributed by atoms with van der Waals surface area (Å²) in [7, 11) is 0. The number of carbonyl (C=O) groups excluding carboxylic acids is 2. The van der Waals surface area contributed by atoms with E-state index in [9.17, 15) is 14.0 Å². The molecule has 0 radical (unpaired) electrons. The molecule has 4 nitrogen and oxygen atoms in total. The third kappa shape index (κ3) is 3.53. The Morgan fingerprint density at radius 2 is 1.75 bits per heavy atom. The van der Waals surface area contributed by atoms with E-state index >= 15 is 0 Å². The molecule has 2 aliphatic rings. The van der Waals surface area contributed by atoms with Crippen LogP contribution < -0.4 is 0 Å². The maximum atomic E-state index is 13.3. The van der Waals surface area contributed by atoms with Crippen molar-refractivity contribution in [2.45, 2.75) is 32.7 Å². The fraction of sp³-hybridized carbons (Fsp3) is 0.391. The smallest absolute Gasteiger partial charge is 0.253 e. The highest BCUT2D eigenvalue weighted by molar-refractivity contribution is 5.95. The van der Waals surface area contributed by atoms with Crippen LogP contribution >= 0.6 is 0 Å². The van der Waals surface area contributed by atoms with Crippen molar-refractivity contribution in [3.05, 3.63) is 71.0 Å². The SMILES string of the molecule is Cc1ccc(C(=O)N2CCC3(CCCN(Cc4ccc(F)cc4)C3=O)C2)cc1. The Labute approximate surface area is 164 Å². The van der Waals surface area contributed by atoms with Crippen LogP contribution in [-0.2, 0) is 11.3 Å². The van der Waals surface area contributed by atoms with E-state index in [1.54, 1.807) is 12.1 Å². The lowest BCUT2D eigenvalue weighted by Crippen LogP contribution is -2.50. The molecule has 0 aliphatic carbocycles. The van der Waals surface area contributed by atoms with Gasteiger partial charge in [0.1, 0.15) is 5.82 Å². The van der Waals surface area contributed by atoms with E-state index in [-0.39, 0.29) is 17.6 Å². The number of hydrogen-bond donors (Lipinski definition) is 0. The van der Waals surface area contributed by atoms with Gasteiger partial charge in [-0.05, 0) is 56.0 Å². The number of aryl methyl sites for hydroxylation is 1. The summed E-state index contributed by atoms with van der Waals surface area (Å²) in [6.07, 6.45) is 2.46. The number of rotatable bonds is 3. The van der Waals surface area contributed by atoms with E-state index < -0.39 is 5.41 Å². The zero-order valence-corrected chi connectivity index (χ0v) is 16.2. The molecule has 146 valence electrons. The number of benzene rings is 2. The average molecular weight is 380 g/mol. The fourth-order valence-corrected chi connectivity index (χ4v) is 4.42. The Kier molecular flexibility index (Phi) is 4.92. The lowest BCUT2D eigenvalue weighted by molar-refractivity contribution is -0.146. The molecule has 2 fully saturated rings. The summed E-state index contributed by atoms with van der Waals surface area (Å²) in [4.78, 5) is 29.8. The van der Waals surface area contributed by atoms with Gasteiger partial charge in [-0.1, -0.05) is 29.8 Å². The van der Waals surface area contributed by atoms with E-state index in [1.165, 1.54) is 12.1 Å². The Hall–Kier alpha value is -2.69. The van der Waals surface area contributed by atoms with Gasteiger partial charge in [-0.3, -0.25) is 9.59 Å². The van der Waals surface area contributed by atoms with Gasteiger partial charge >= 0.3 is 0 Å². The number of halogens is 1. The predicted molar refractivity (Wildman–Crippen MR) is 105 cm³/mol. The number of nitrogens with zero attached hydrogens (tertiary/aromatic N) is 2. The molecule has 2 amide bonds. The summed E-state index contributed by atoms with van der Waals surface area (Å²) in [6, 6.07) is 13.9. The third-order valence-electron chi connectivity index (χ3n) is 6.05. The Morgan fingerprint density at radius 3 is 2.46 bits per heavy atom. The highest BCUT2D eigenvalue weighted by atomic mass is 19.1. The second kappa shape index (κ2) is 7.38. The van der Waals surface area contributed by atoms with Crippen molar-refractivity contribution in [1.82, 2.24) is 9.80 Å². The molecule has 5 heteroatoms. The topological polar surface area (TPSA) is 40.6 Å². The summed E-state index contributed by atoms with van der Waals surface area (Å²) < 4.78 is 13.1. The van der Waals surface area contributed by atoms with E-state index in [2.05, 4.69) is 0 Å². The molecule has 1 unspecified atom stereocenters. The highest BCUT2D eigenvalue weighted by Crippen LogP contribution is 2.41. The fourth-order valence-electron chi connectivity index (χ4n) is 4.42. The standard InChI is InChI=1S/C23H25FN2O2/c1-17-3-7-19(8-4-17)21(27)26-14-12-23(16-26)11-2-13-25(22(23)28)15-18-5-9-20(24)10-6-18/h3-10H,2,11-16H2,1H3. The van der Waals surface area contributed by atoms with E-state index in [4.69, 9.17) is 0 Å². The van der Waals surface area contributed by atoms with E-state index in [0.29, 0.717) is 38.2 Å². The monoisotopic (exact) mass is 380 g/mol. The van der Waals surface area contributed by atoms with Crippen molar-refractivity contribution in [3.8, 4) is 0 Å². The van der Waals surface area contributed by atoms with Crippen LogP contribution in [0.1, 0.15) is 40.7 Å². The van der Waals surface area contributed by atoms with Crippen molar-refractivity contribution >= 4 is 11.8 Å². The van der Waals surface area contributed by atoms with Gasteiger partial charge in [0.2, 0.25) is 5.91 Å².